The standard InChI is InChI=1S/C22H19N3O3/c1-13-24-17-8-4-2-6-14(17)22(27)25(13)23-12-16-18(26)10-11-20-21(16)15-7-3-5-9-19(15)28-20/h2,4,6,8,10-12,26H,3,5,7,9H2,1H3. The van der Waals surface area contributed by atoms with Crippen LogP contribution in [0, 0.1) is 6.92 Å². The van der Waals surface area contributed by atoms with Crippen molar-refractivity contribution < 1.29 is 9.52 Å². The third kappa shape index (κ3) is 2.52. The molecular formula is C22H19N3O3. The highest BCUT2D eigenvalue weighted by Crippen LogP contribution is 2.36. The van der Waals surface area contributed by atoms with Crippen LogP contribution in [-0.4, -0.2) is 21.0 Å². The predicted octanol–water partition coefficient (Wildman–Crippen LogP) is 3.92. The Balaban J connectivity index is 1.70. The molecule has 0 saturated heterocycles. The number of aryl methyl sites for hydroxylation is 3. The first-order valence-electron chi connectivity index (χ1n) is 9.42. The molecule has 2 aromatic carbocycles. The third-order valence-corrected chi connectivity index (χ3v) is 5.35. The SMILES string of the molecule is Cc1nc2ccccc2c(=O)n1N=Cc1c(O)ccc2oc3c(c12)CCCC3. The monoisotopic (exact) mass is 373 g/mol. The van der Waals surface area contributed by atoms with Crippen molar-refractivity contribution in [2.45, 2.75) is 32.6 Å². The Hall–Kier alpha value is -3.41. The highest BCUT2D eigenvalue weighted by Gasteiger charge is 2.21. The molecule has 0 spiro atoms. The molecule has 6 nitrogen and oxygen atoms in total. The van der Waals surface area contributed by atoms with E-state index in [0.29, 0.717) is 22.3 Å². The van der Waals surface area contributed by atoms with E-state index in [2.05, 4.69) is 10.1 Å². The number of nitrogens with zero attached hydrogens (tertiary/aromatic N) is 3. The van der Waals surface area contributed by atoms with Gasteiger partial charge in [-0.05, 0) is 50.5 Å². The first-order valence-corrected chi connectivity index (χ1v) is 9.42. The molecule has 5 rings (SSSR count). The molecule has 0 unspecified atom stereocenters. The highest BCUT2D eigenvalue weighted by molar-refractivity contribution is 6.03. The Labute approximate surface area is 160 Å². The average Bonchev–Trinajstić information content (AvgIpc) is 3.08. The van der Waals surface area contributed by atoms with Crippen LogP contribution in [0.3, 0.4) is 0 Å². The minimum atomic E-state index is -0.236. The number of phenolic OH excluding ortho intramolecular Hbond substituents is 1. The van der Waals surface area contributed by atoms with Gasteiger partial charge in [-0.25, -0.2) is 4.98 Å². The van der Waals surface area contributed by atoms with Crippen LogP contribution in [0.2, 0.25) is 0 Å². The van der Waals surface area contributed by atoms with Gasteiger partial charge in [-0.2, -0.15) is 9.78 Å². The van der Waals surface area contributed by atoms with Gasteiger partial charge in [-0.1, -0.05) is 12.1 Å². The Morgan fingerprint density at radius 2 is 2.00 bits per heavy atom. The maximum Gasteiger partial charge on any atom is 0.282 e. The lowest BCUT2D eigenvalue weighted by atomic mass is 9.94. The van der Waals surface area contributed by atoms with Crippen LogP contribution in [0.15, 0.2) is 50.7 Å². The minimum absolute atomic E-state index is 0.116. The number of para-hydroxylation sites is 1. The smallest absolute Gasteiger partial charge is 0.282 e. The van der Waals surface area contributed by atoms with Crippen LogP contribution in [0.5, 0.6) is 5.75 Å². The van der Waals surface area contributed by atoms with Crippen LogP contribution in [-0.2, 0) is 12.8 Å². The molecule has 6 heteroatoms. The number of hydrogen-bond acceptors (Lipinski definition) is 5. The molecule has 4 aromatic rings. The van der Waals surface area contributed by atoms with Crippen molar-refractivity contribution in [1.82, 2.24) is 9.66 Å². The van der Waals surface area contributed by atoms with Crippen molar-refractivity contribution in [1.29, 1.82) is 0 Å². The summed E-state index contributed by atoms with van der Waals surface area (Å²) in [6, 6.07) is 10.6. The number of aromatic nitrogens is 2. The molecule has 0 amide bonds. The van der Waals surface area contributed by atoms with Gasteiger partial charge in [0, 0.05) is 22.9 Å². The van der Waals surface area contributed by atoms with Gasteiger partial charge in [0.2, 0.25) is 0 Å². The summed E-state index contributed by atoms with van der Waals surface area (Å²) in [5.74, 6) is 1.59. The normalized spacial score (nSPS) is 14.2. The van der Waals surface area contributed by atoms with Crippen molar-refractivity contribution in [3.05, 3.63) is 69.5 Å². The predicted molar refractivity (Wildman–Crippen MR) is 108 cm³/mol. The lowest BCUT2D eigenvalue weighted by molar-refractivity contribution is 0.474. The van der Waals surface area contributed by atoms with Crippen LogP contribution >= 0.6 is 0 Å². The van der Waals surface area contributed by atoms with Gasteiger partial charge in [-0.3, -0.25) is 4.79 Å². The molecule has 0 aliphatic heterocycles. The number of rotatable bonds is 2. The number of fused-ring (bicyclic) bond motifs is 4. The van der Waals surface area contributed by atoms with Gasteiger partial charge in [0.25, 0.3) is 5.56 Å². The summed E-state index contributed by atoms with van der Waals surface area (Å²) < 4.78 is 7.26. The maximum atomic E-state index is 12.8. The van der Waals surface area contributed by atoms with E-state index < -0.39 is 0 Å². The Morgan fingerprint density at radius 3 is 2.89 bits per heavy atom. The van der Waals surface area contributed by atoms with Crippen molar-refractivity contribution in [2.24, 2.45) is 5.10 Å². The lowest BCUT2D eigenvalue weighted by Gasteiger charge is -2.10. The summed E-state index contributed by atoms with van der Waals surface area (Å²) >= 11 is 0. The van der Waals surface area contributed by atoms with Crippen molar-refractivity contribution in [3.63, 3.8) is 0 Å². The van der Waals surface area contributed by atoms with Crippen LogP contribution in [0.1, 0.15) is 35.6 Å². The molecule has 0 fully saturated rings. The zero-order valence-corrected chi connectivity index (χ0v) is 15.5. The van der Waals surface area contributed by atoms with E-state index in [9.17, 15) is 9.90 Å². The molecule has 2 heterocycles. The summed E-state index contributed by atoms with van der Waals surface area (Å²) in [6.07, 6.45) is 5.57. The number of aromatic hydroxyl groups is 1. The van der Waals surface area contributed by atoms with E-state index >= 15 is 0 Å². The molecule has 1 aliphatic rings. The highest BCUT2D eigenvalue weighted by atomic mass is 16.3. The number of benzene rings is 2. The summed E-state index contributed by atoms with van der Waals surface area (Å²) in [6.45, 7) is 1.74. The number of furan rings is 1. The largest absolute Gasteiger partial charge is 0.507 e. The van der Waals surface area contributed by atoms with E-state index in [-0.39, 0.29) is 11.3 Å². The van der Waals surface area contributed by atoms with Gasteiger partial charge in [0.05, 0.1) is 17.1 Å². The van der Waals surface area contributed by atoms with E-state index in [4.69, 9.17) is 4.42 Å². The first kappa shape index (κ1) is 16.7. The summed E-state index contributed by atoms with van der Waals surface area (Å²) in [5, 5.41) is 16.3. The first-order chi connectivity index (χ1) is 13.6. The molecule has 1 N–H and O–H groups in total. The molecular weight excluding hydrogens is 354 g/mol. The fourth-order valence-electron chi connectivity index (χ4n) is 3.99. The molecule has 2 aromatic heterocycles. The zero-order chi connectivity index (χ0) is 19.3. The van der Waals surface area contributed by atoms with Gasteiger partial charge < -0.3 is 9.52 Å². The van der Waals surface area contributed by atoms with Crippen LogP contribution in [0.4, 0.5) is 0 Å². The topological polar surface area (TPSA) is 80.6 Å². The van der Waals surface area contributed by atoms with E-state index in [1.807, 2.05) is 12.1 Å². The quantitative estimate of drug-likeness (QED) is 0.540. The van der Waals surface area contributed by atoms with Gasteiger partial charge in [-0.15, -0.1) is 0 Å². The second kappa shape index (κ2) is 6.34. The van der Waals surface area contributed by atoms with Gasteiger partial charge in [0.1, 0.15) is 22.9 Å². The van der Waals surface area contributed by atoms with Crippen LogP contribution in [0.25, 0.3) is 21.9 Å². The minimum Gasteiger partial charge on any atom is -0.507 e. The van der Waals surface area contributed by atoms with Gasteiger partial charge >= 0.3 is 0 Å². The Bertz CT molecular complexity index is 1310. The van der Waals surface area contributed by atoms with E-state index in [1.54, 1.807) is 31.2 Å². The molecule has 0 bridgehead atoms. The van der Waals surface area contributed by atoms with E-state index in [0.717, 1.165) is 48.0 Å². The molecule has 0 radical (unpaired) electrons. The molecule has 1 aliphatic carbocycles. The molecule has 28 heavy (non-hydrogen) atoms. The Kier molecular flexibility index (Phi) is 3.79. The van der Waals surface area contributed by atoms with Crippen LogP contribution < -0.4 is 5.56 Å². The van der Waals surface area contributed by atoms with Crippen molar-refractivity contribution in [3.8, 4) is 5.75 Å². The van der Waals surface area contributed by atoms with Gasteiger partial charge in [0.15, 0.2) is 0 Å². The fourth-order valence-corrected chi connectivity index (χ4v) is 3.99. The molecule has 0 atom stereocenters. The summed E-state index contributed by atoms with van der Waals surface area (Å²) in [7, 11) is 0. The number of hydrogen-bond donors (Lipinski definition) is 1. The van der Waals surface area contributed by atoms with Crippen molar-refractivity contribution >= 4 is 28.1 Å². The average molecular weight is 373 g/mol. The molecule has 140 valence electrons. The molecule has 0 saturated carbocycles. The number of phenols is 1. The second-order valence-corrected chi connectivity index (χ2v) is 7.12. The maximum absolute atomic E-state index is 12.8. The van der Waals surface area contributed by atoms with E-state index in [1.165, 1.54) is 10.9 Å². The lowest BCUT2D eigenvalue weighted by Crippen LogP contribution is -2.20. The third-order valence-electron chi connectivity index (χ3n) is 5.35. The summed E-state index contributed by atoms with van der Waals surface area (Å²) in [4.78, 5) is 17.3. The second-order valence-electron chi connectivity index (χ2n) is 7.12. The zero-order valence-electron chi connectivity index (χ0n) is 15.5. The fraction of sp³-hybridized carbons (Fsp3) is 0.227. The van der Waals surface area contributed by atoms with Crippen molar-refractivity contribution in [2.75, 3.05) is 0 Å². The summed E-state index contributed by atoms with van der Waals surface area (Å²) in [5.41, 5.74) is 2.86. The Morgan fingerprint density at radius 1 is 1.18 bits per heavy atom.